The third-order valence-electron chi connectivity index (χ3n) is 1.59. The molecule has 0 rings (SSSR count). The summed E-state index contributed by atoms with van der Waals surface area (Å²) < 4.78 is 0. The Bertz CT molecular complexity index is 223. The molecule has 0 fully saturated rings. The van der Waals surface area contributed by atoms with Crippen molar-refractivity contribution in [2.24, 2.45) is 5.92 Å². The van der Waals surface area contributed by atoms with Crippen LogP contribution in [0.4, 0.5) is 0 Å². The molecule has 0 bridgehead atoms. The highest BCUT2D eigenvalue weighted by Gasteiger charge is 2.04. The molecular weight excluding hydrogens is 148 g/mol. The molecule has 0 N–H and O–H groups in total. The second kappa shape index (κ2) is 6.43. The van der Waals surface area contributed by atoms with Gasteiger partial charge in [0.2, 0.25) is 0 Å². The Labute approximate surface area is 74.1 Å². The molecule has 0 aliphatic carbocycles. The van der Waals surface area contributed by atoms with E-state index in [9.17, 15) is 0 Å². The van der Waals surface area contributed by atoms with Crippen LogP contribution in [0.3, 0.4) is 0 Å². The largest absolute Gasteiger partial charge is 0.198 e. The van der Waals surface area contributed by atoms with Crippen molar-refractivity contribution >= 4 is 0 Å². The van der Waals surface area contributed by atoms with Crippen LogP contribution in [0.15, 0.2) is 11.6 Å². The normalized spacial score (nSPS) is 11.0. The van der Waals surface area contributed by atoms with Crippen molar-refractivity contribution in [2.45, 2.75) is 33.1 Å². The van der Waals surface area contributed by atoms with E-state index in [-0.39, 0.29) is 5.92 Å². The Morgan fingerprint density at radius 3 is 2.50 bits per heavy atom. The quantitative estimate of drug-likeness (QED) is 0.597. The number of nitrogens with zero attached hydrogens (tertiary/aromatic N) is 2. The molecule has 12 heavy (non-hydrogen) atoms. The van der Waals surface area contributed by atoms with Crippen LogP contribution in [0.1, 0.15) is 33.1 Å². The lowest BCUT2D eigenvalue weighted by molar-refractivity contribution is 0.624. The zero-order valence-electron chi connectivity index (χ0n) is 7.67. The van der Waals surface area contributed by atoms with E-state index in [0.717, 1.165) is 12.8 Å². The fourth-order valence-electron chi connectivity index (χ4n) is 0.896. The Hall–Kier alpha value is -1.28. The zero-order chi connectivity index (χ0) is 9.40. The molecule has 2 nitrogen and oxygen atoms in total. The van der Waals surface area contributed by atoms with E-state index < -0.39 is 0 Å². The third kappa shape index (κ3) is 5.50. The summed E-state index contributed by atoms with van der Waals surface area (Å²) in [6.45, 7) is 4.07. The summed E-state index contributed by atoms with van der Waals surface area (Å²) in [5.41, 5.74) is 1.27. The number of nitriles is 2. The molecule has 0 aromatic heterocycles. The van der Waals surface area contributed by atoms with Gasteiger partial charge in [0.15, 0.2) is 0 Å². The van der Waals surface area contributed by atoms with Crippen molar-refractivity contribution in [3.63, 3.8) is 0 Å². The summed E-state index contributed by atoms with van der Waals surface area (Å²) in [6.07, 6.45) is 4.16. The average Bonchev–Trinajstić information content (AvgIpc) is 2.02. The van der Waals surface area contributed by atoms with Gasteiger partial charge in [0.05, 0.1) is 24.5 Å². The Morgan fingerprint density at radius 2 is 2.08 bits per heavy atom. The lowest BCUT2D eigenvalue weighted by Gasteiger charge is -2.00. The highest BCUT2D eigenvalue weighted by Crippen LogP contribution is 2.10. The van der Waals surface area contributed by atoms with Crippen molar-refractivity contribution in [1.29, 1.82) is 10.5 Å². The molecule has 0 radical (unpaired) electrons. The van der Waals surface area contributed by atoms with E-state index in [2.05, 4.69) is 12.1 Å². The van der Waals surface area contributed by atoms with Crippen LogP contribution in [0.25, 0.3) is 0 Å². The van der Waals surface area contributed by atoms with Gasteiger partial charge in [0, 0.05) is 0 Å². The first-order chi connectivity index (χ1) is 5.70. The summed E-state index contributed by atoms with van der Waals surface area (Å²) in [5, 5.41) is 17.0. The highest BCUT2D eigenvalue weighted by atomic mass is 14.3. The van der Waals surface area contributed by atoms with Crippen LogP contribution in [0.2, 0.25) is 0 Å². The van der Waals surface area contributed by atoms with Crippen molar-refractivity contribution in [2.75, 3.05) is 0 Å². The average molecular weight is 162 g/mol. The van der Waals surface area contributed by atoms with Crippen LogP contribution >= 0.6 is 0 Å². The maximum atomic E-state index is 8.60. The first-order valence-corrected chi connectivity index (χ1v) is 4.10. The Kier molecular flexibility index (Phi) is 5.75. The van der Waals surface area contributed by atoms with Gasteiger partial charge >= 0.3 is 0 Å². The van der Waals surface area contributed by atoms with Gasteiger partial charge in [-0.3, -0.25) is 0 Å². The molecule has 0 aliphatic heterocycles. The van der Waals surface area contributed by atoms with Gasteiger partial charge in [-0.2, -0.15) is 10.5 Å². The maximum Gasteiger partial charge on any atom is 0.0666 e. The van der Waals surface area contributed by atoms with Crippen LogP contribution in [-0.4, -0.2) is 0 Å². The van der Waals surface area contributed by atoms with Gasteiger partial charge in [-0.25, -0.2) is 0 Å². The minimum absolute atomic E-state index is 0.0920. The van der Waals surface area contributed by atoms with E-state index >= 15 is 0 Å². The zero-order valence-corrected chi connectivity index (χ0v) is 7.67. The van der Waals surface area contributed by atoms with Crippen molar-refractivity contribution < 1.29 is 0 Å². The molecule has 0 amide bonds. The molecule has 0 aromatic carbocycles. The summed E-state index contributed by atoms with van der Waals surface area (Å²) in [7, 11) is 0. The molecular formula is C10H14N2. The van der Waals surface area contributed by atoms with Gasteiger partial charge < -0.3 is 0 Å². The molecule has 64 valence electrons. The third-order valence-corrected chi connectivity index (χ3v) is 1.59. The van der Waals surface area contributed by atoms with Gasteiger partial charge in [-0.05, 0) is 26.7 Å². The topological polar surface area (TPSA) is 47.6 Å². The van der Waals surface area contributed by atoms with Crippen LogP contribution in [-0.2, 0) is 0 Å². The molecule has 0 heterocycles. The van der Waals surface area contributed by atoms with E-state index in [1.54, 1.807) is 0 Å². The molecule has 1 unspecified atom stereocenters. The first-order valence-electron chi connectivity index (χ1n) is 4.10. The van der Waals surface area contributed by atoms with Crippen LogP contribution < -0.4 is 0 Å². The van der Waals surface area contributed by atoms with E-state index in [1.807, 2.05) is 19.9 Å². The van der Waals surface area contributed by atoms with Crippen LogP contribution in [0.5, 0.6) is 0 Å². The molecule has 1 atom stereocenters. The second-order valence-corrected chi connectivity index (χ2v) is 3.05. The summed E-state index contributed by atoms with van der Waals surface area (Å²) in [4.78, 5) is 0. The highest BCUT2D eigenvalue weighted by molar-refractivity contribution is 4.96. The van der Waals surface area contributed by atoms with E-state index in [1.165, 1.54) is 5.57 Å². The Morgan fingerprint density at radius 1 is 1.42 bits per heavy atom. The standard InChI is InChI=1S/C10H14N2/c1-9(2)4-3-5-10(8-12)6-7-11/h4,10H,3,5-6H2,1-2H3. The SMILES string of the molecule is CC(C)=CCCC(C#N)CC#N. The number of allylic oxidation sites excluding steroid dienone is 2. The van der Waals surface area contributed by atoms with Gasteiger partial charge in [-0.15, -0.1) is 0 Å². The molecule has 0 aromatic rings. The van der Waals surface area contributed by atoms with Crippen LogP contribution in [0, 0.1) is 28.6 Å². The van der Waals surface area contributed by atoms with Gasteiger partial charge in [0.1, 0.15) is 0 Å². The van der Waals surface area contributed by atoms with Crippen molar-refractivity contribution in [3.8, 4) is 12.1 Å². The predicted molar refractivity (Wildman–Crippen MR) is 48.0 cm³/mol. The lowest BCUT2D eigenvalue weighted by atomic mass is 10.0. The minimum Gasteiger partial charge on any atom is -0.198 e. The lowest BCUT2D eigenvalue weighted by Crippen LogP contribution is -1.94. The molecule has 0 spiro atoms. The number of hydrogen-bond donors (Lipinski definition) is 0. The maximum absolute atomic E-state index is 8.60. The molecule has 0 saturated heterocycles. The molecule has 0 aliphatic rings. The first kappa shape index (κ1) is 10.7. The summed E-state index contributed by atoms with van der Waals surface area (Å²) in [6, 6.07) is 4.14. The van der Waals surface area contributed by atoms with Crippen molar-refractivity contribution in [3.05, 3.63) is 11.6 Å². The number of rotatable bonds is 4. The number of hydrogen-bond acceptors (Lipinski definition) is 2. The smallest absolute Gasteiger partial charge is 0.0666 e. The molecule has 2 heteroatoms. The summed E-state index contributed by atoms with van der Waals surface area (Å²) in [5.74, 6) is -0.0920. The predicted octanol–water partition coefficient (Wildman–Crippen LogP) is 2.79. The van der Waals surface area contributed by atoms with E-state index in [4.69, 9.17) is 10.5 Å². The second-order valence-electron chi connectivity index (χ2n) is 3.05. The fraction of sp³-hybridized carbons (Fsp3) is 0.600. The monoisotopic (exact) mass is 162 g/mol. The Balaban J connectivity index is 3.69. The molecule has 0 saturated carbocycles. The van der Waals surface area contributed by atoms with Crippen molar-refractivity contribution in [1.82, 2.24) is 0 Å². The van der Waals surface area contributed by atoms with Gasteiger partial charge in [0.25, 0.3) is 0 Å². The summed E-state index contributed by atoms with van der Waals surface area (Å²) >= 11 is 0. The van der Waals surface area contributed by atoms with E-state index in [0.29, 0.717) is 6.42 Å². The van der Waals surface area contributed by atoms with Gasteiger partial charge in [-0.1, -0.05) is 11.6 Å². The fourth-order valence-corrected chi connectivity index (χ4v) is 0.896. The minimum atomic E-state index is -0.0920.